The van der Waals surface area contributed by atoms with Crippen molar-refractivity contribution in [2.24, 2.45) is 5.92 Å². The molecule has 0 aliphatic heterocycles. The fourth-order valence-electron chi connectivity index (χ4n) is 5.78. The maximum Gasteiger partial charge on any atom is 0.333 e. The van der Waals surface area contributed by atoms with E-state index in [0.717, 1.165) is 34.4 Å². The van der Waals surface area contributed by atoms with E-state index in [1.54, 1.807) is 35.0 Å². The average Bonchev–Trinajstić information content (AvgIpc) is 3.73. The van der Waals surface area contributed by atoms with Crippen LogP contribution in [-0.4, -0.2) is 34.9 Å². The first-order valence-corrected chi connectivity index (χ1v) is 15.5. The molecule has 47 heavy (non-hydrogen) atoms. The minimum absolute atomic E-state index is 0.171. The van der Waals surface area contributed by atoms with Gasteiger partial charge in [-0.25, -0.2) is 23.6 Å². The Hall–Kier alpha value is -5.78. The normalized spacial score (nSPS) is 12.8. The number of urea groups is 1. The molecule has 3 aromatic heterocycles. The molecule has 0 radical (unpaired) electrons. The Labute approximate surface area is 268 Å². The molecule has 11 nitrogen and oxygen atoms in total. The lowest BCUT2D eigenvalue weighted by Gasteiger charge is -2.11. The number of anilines is 2. The third-order valence-corrected chi connectivity index (χ3v) is 8.45. The van der Waals surface area contributed by atoms with Crippen LogP contribution in [0.4, 0.5) is 20.6 Å². The molecule has 1 aliphatic rings. The molecule has 238 valence electrons. The summed E-state index contributed by atoms with van der Waals surface area (Å²) >= 11 is 0. The standard InChI is InChI=1S/C35H33FN8O3/c1-21-30(22(2)44(41-21)27-9-4-3-5-10-27)40-34(46)37-26-16-14-23(15-17-26)18-29-38-31-32(39-29)42(19-24-12-13-24)35(47)43(33(31)45)20-25-8-6-7-11-28(25)36/h3-11,14-17,24H,12-13,18-20H2,1-2H3,(H,38,39)(H2,37,40,46). The molecule has 0 spiro atoms. The van der Waals surface area contributed by atoms with Gasteiger partial charge in [-0.1, -0.05) is 48.5 Å². The van der Waals surface area contributed by atoms with Gasteiger partial charge in [0, 0.05) is 24.2 Å². The van der Waals surface area contributed by atoms with Gasteiger partial charge in [0.2, 0.25) is 0 Å². The van der Waals surface area contributed by atoms with Gasteiger partial charge in [-0.15, -0.1) is 0 Å². The number of rotatable bonds is 9. The second kappa shape index (κ2) is 12.2. The Morgan fingerprint density at radius 3 is 2.38 bits per heavy atom. The average molecular weight is 633 g/mol. The van der Waals surface area contributed by atoms with E-state index < -0.39 is 23.1 Å². The van der Waals surface area contributed by atoms with Crippen molar-refractivity contribution in [1.82, 2.24) is 28.9 Å². The number of H-pyrrole nitrogens is 1. The van der Waals surface area contributed by atoms with E-state index in [1.807, 2.05) is 56.3 Å². The number of aromatic amines is 1. The Morgan fingerprint density at radius 1 is 0.936 bits per heavy atom. The number of benzene rings is 3. The number of fused-ring (bicyclic) bond motifs is 1. The zero-order valence-electron chi connectivity index (χ0n) is 26.0. The Balaban J connectivity index is 1.08. The van der Waals surface area contributed by atoms with Crippen molar-refractivity contribution in [3.05, 3.63) is 134 Å². The van der Waals surface area contributed by atoms with Crippen LogP contribution < -0.4 is 21.9 Å². The van der Waals surface area contributed by atoms with Gasteiger partial charge in [0.05, 0.1) is 29.3 Å². The number of amides is 2. The maximum absolute atomic E-state index is 14.4. The van der Waals surface area contributed by atoms with Crippen LogP contribution in [-0.2, 0) is 19.5 Å². The number of nitrogens with one attached hydrogen (secondary N) is 3. The molecule has 1 aliphatic carbocycles. The first-order valence-electron chi connectivity index (χ1n) is 15.5. The maximum atomic E-state index is 14.4. The lowest BCUT2D eigenvalue weighted by molar-refractivity contribution is 0.262. The van der Waals surface area contributed by atoms with Crippen LogP contribution in [0.25, 0.3) is 16.9 Å². The Bertz CT molecular complexity index is 2230. The zero-order chi connectivity index (χ0) is 32.7. The van der Waals surface area contributed by atoms with Crippen LogP contribution in [0.15, 0.2) is 88.5 Å². The van der Waals surface area contributed by atoms with E-state index in [9.17, 15) is 18.8 Å². The highest BCUT2D eigenvalue weighted by Crippen LogP contribution is 2.31. The number of imidazole rings is 1. The molecule has 2 amide bonds. The summed E-state index contributed by atoms with van der Waals surface area (Å²) in [4.78, 5) is 47.7. The van der Waals surface area contributed by atoms with Crippen LogP contribution in [0.2, 0.25) is 0 Å². The molecule has 12 heteroatoms. The van der Waals surface area contributed by atoms with Crippen molar-refractivity contribution >= 4 is 28.6 Å². The predicted octanol–water partition coefficient (Wildman–Crippen LogP) is 5.52. The minimum atomic E-state index is -0.538. The van der Waals surface area contributed by atoms with Crippen LogP contribution in [0.1, 0.15) is 41.2 Å². The van der Waals surface area contributed by atoms with E-state index in [1.165, 1.54) is 10.6 Å². The van der Waals surface area contributed by atoms with Gasteiger partial charge in [0.25, 0.3) is 5.56 Å². The van der Waals surface area contributed by atoms with E-state index in [0.29, 0.717) is 47.4 Å². The SMILES string of the molecule is Cc1nn(-c2ccccc2)c(C)c1NC(=O)Nc1ccc(Cc2nc3c([nH]2)c(=O)n(Cc2ccccc2F)c(=O)n3CC2CC2)cc1. The molecule has 6 aromatic rings. The summed E-state index contributed by atoms with van der Waals surface area (Å²) in [7, 11) is 0. The summed E-state index contributed by atoms with van der Waals surface area (Å²) in [6, 6.07) is 22.7. The third kappa shape index (κ3) is 6.09. The van der Waals surface area contributed by atoms with Gasteiger partial charge in [-0.2, -0.15) is 5.10 Å². The highest BCUT2D eigenvalue weighted by molar-refractivity contribution is 6.00. The van der Waals surface area contributed by atoms with Crippen LogP contribution >= 0.6 is 0 Å². The highest BCUT2D eigenvalue weighted by Gasteiger charge is 2.26. The number of aryl methyl sites for hydroxylation is 1. The summed E-state index contributed by atoms with van der Waals surface area (Å²) in [5.41, 5.74) is 4.28. The summed E-state index contributed by atoms with van der Waals surface area (Å²) in [5, 5.41) is 10.4. The number of hydrogen-bond donors (Lipinski definition) is 3. The zero-order valence-corrected chi connectivity index (χ0v) is 26.0. The number of nitrogens with zero attached hydrogens (tertiary/aromatic N) is 5. The number of hydrogen-bond acceptors (Lipinski definition) is 5. The smallest absolute Gasteiger partial charge is 0.333 e. The van der Waals surface area contributed by atoms with Crippen molar-refractivity contribution in [1.29, 1.82) is 0 Å². The van der Waals surface area contributed by atoms with Gasteiger partial charge >= 0.3 is 11.7 Å². The second-order valence-corrected chi connectivity index (χ2v) is 11.9. The molecule has 7 rings (SSSR count). The van der Waals surface area contributed by atoms with Crippen LogP contribution in [0, 0.1) is 25.6 Å². The molecule has 0 atom stereocenters. The first-order chi connectivity index (χ1) is 22.7. The van der Waals surface area contributed by atoms with Crippen molar-refractivity contribution in [2.45, 2.75) is 46.2 Å². The first kappa shape index (κ1) is 29.9. The van der Waals surface area contributed by atoms with Gasteiger partial charge < -0.3 is 15.6 Å². The number of halogens is 1. The van der Waals surface area contributed by atoms with Gasteiger partial charge in [0.1, 0.15) is 17.2 Å². The van der Waals surface area contributed by atoms with Gasteiger partial charge in [-0.3, -0.25) is 13.9 Å². The number of carbonyl (C=O) groups is 1. The summed E-state index contributed by atoms with van der Waals surface area (Å²) in [5.74, 6) is 0.392. The molecule has 3 heterocycles. The van der Waals surface area contributed by atoms with E-state index >= 15 is 0 Å². The highest BCUT2D eigenvalue weighted by atomic mass is 19.1. The predicted molar refractivity (Wildman–Crippen MR) is 178 cm³/mol. The summed E-state index contributed by atoms with van der Waals surface area (Å²) < 4.78 is 18.8. The quantitative estimate of drug-likeness (QED) is 0.193. The van der Waals surface area contributed by atoms with E-state index in [4.69, 9.17) is 0 Å². The van der Waals surface area contributed by atoms with Gasteiger partial charge in [0.15, 0.2) is 5.65 Å². The molecule has 0 unspecified atom stereocenters. The Morgan fingerprint density at radius 2 is 1.66 bits per heavy atom. The number of carbonyl (C=O) groups excluding carboxylic acids is 1. The molecule has 0 saturated heterocycles. The van der Waals surface area contributed by atoms with E-state index in [2.05, 4.69) is 25.7 Å². The van der Waals surface area contributed by atoms with Gasteiger partial charge in [-0.05, 0) is 68.5 Å². The van der Waals surface area contributed by atoms with Crippen molar-refractivity contribution in [3.8, 4) is 5.69 Å². The molecule has 3 N–H and O–H groups in total. The monoisotopic (exact) mass is 632 g/mol. The topological polar surface area (TPSA) is 132 Å². The van der Waals surface area contributed by atoms with Crippen molar-refractivity contribution in [3.63, 3.8) is 0 Å². The lowest BCUT2D eigenvalue weighted by atomic mass is 10.1. The van der Waals surface area contributed by atoms with Crippen LogP contribution in [0.5, 0.6) is 0 Å². The third-order valence-electron chi connectivity index (χ3n) is 8.45. The molecule has 3 aromatic carbocycles. The Kier molecular flexibility index (Phi) is 7.76. The second-order valence-electron chi connectivity index (χ2n) is 11.9. The molecule has 1 fully saturated rings. The van der Waals surface area contributed by atoms with Crippen molar-refractivity contribution in [2.75, 3.05) is 10.6 Å². The fourth-order valence-corrected chi connectivity index (χ4v) is 5.78. The van der Waals surface area contributed by atoms with E-state index in [-0.39, 0.29) is 17.6 Å². The lowest BCUT2D eigenvalue weighted by Crippen LogP contribution is -2.40. The summed E-state index contributed by atoms with van der Waals surface area (Å²) in [6.07, 6.45) is 2.38. The largest absolute Gasteiger partial charge is 0.336 e. The molecule has 0 bridgehead atoms. The fraction of sp³-hybridized carbons (Fsp3) is 0.229. The summed E-state index contributed by atoms with van der Waals surface area (Å²) in [6.45, 7) is 4.03. The van der Waals surface area contributed by atoms with Crippen molar-refractivity contribution < 1.29 is 9.18 Å². The molecule has 1 saturated carbocycles. The molecular formula is C35H33FN8O3. The number of para-hydroxylation sites is 1. The number of aromatic nitrogens is 6. The molecular weight excluding hydrogens is 599 g/mol. The minimum Gasteiger partial charge on any atom is -0.336 e. The van der Waals surface area contributed by atoms with Crippen LogP contribution in [0.3, 0.4) is 0 Å².